The van der Waals surface area contributed by atoms with Crippen LogP contribution in [-0.2, 0) is 0 Å². The zero-order valence-corrected chi connectivity index (χ0v) is 9.34. The number of aliphatic hydroxyl groups is 1. The fourth-order valence-corrected chi connectivity index (χ4v) is 1.15. The molecular formula is C11H16N2O3. The molecule has 0 radical (unpaired) electrons. The summed E-state index contributed by atoms with van der Waals surface area (Å²) in [5, 5.41) is 21.0. The van der Waals surface area contributed by atoms with Crippen LogP contribution >= 0.6 is 0 Å². The number of nitrogens with zero attached hydrogens (tertiary/aromatic N) is 1. The van der Waals surface area contributed by atoms with Crippen LogP contribution in [-0.4, -0.2) is 33.8 Å². The molecule has 1 rings (SSSR count). The highest BCUT2D eigenvalue weighted by Crippen LogP contribution is 2.13. The van der Waals surface area contributed by atoms with E-state index in [0.29, 0.717) is 0 Å². The van der Waals surface area contributed by atoms with Gasteiger partial charge >= 0.3 is 0 Å². The van der Waals surface area contributed by atoms with Crippen molar-refractivity contribution in [2.75, 3.05) is 6.61 Å². The number of aromatic nitrogens is 1. The highest BCUT2D eigenvalue weighted by atomic mass is 16.3. The molecule has 0 spiro atoms. The van der Waals surface area contributed by atoms with E-state index in [0.717, 1.165) is 0 Å². The third kappa shape index (κ3) is 2.93. The number of carbonyl (C=O) groups is 1. The van der Waals surface area contributed by atoms with Gasteiger partial charge in [-0.25, -0.2) is 4.98 Å². The van der Waals surface area contributed by atoms with Crippen molar-refractivity contribution in [1.29, 1.82) is 0 Å². The Morgan fingerprint density at radius 3 is 2.81 bits per heavy atom. The first-order chi connectivity index (χ1) is 7.56. The number of hydrogen-bond donors (Lipinski definition) is 3. The van der Waals surface area contributed by atoms with Gasteiger partial charge in [0, 0.05) is 18.8 Å². The van der Waals surface area contributed by atoms with Crippen LogP contribution in [0.15, 0.2) is 18.3 Å². The minimum atomic E-state index is -0.439. The van der Waals surface area contributed by atoms with Crippen LogP contribution in [0.25, 0.3) is 0 Å². The zero-order valence-electron chi connectivity index (χ0n) is 9.34. The molecule has 2 atom stereocenters. The Morgan fingerprint density at radius 2 is 2.25 bits per heavy atom. The molecule has 0 fully saturated rings. The first kappa shape index (κ1) is 12.4. The van der Waals surface area contributed by atoms with Crippen molar-refractivity contribution >= 4 is 5.91 Å². The van der Waals surface area contributed by atoms with Crippen molar-refractivity contribution in [3.8, 4) is 5.75 Å². The fourth-order valence-electron chi connectivity index (χ4n) is 1.15. The predicted molar refractivity (Wildman–Crippen MR) is 59.1 cm³/mol. The minimum absolute atomic E-state index is 0.000472. The molecule has 5 heteroatoms. The molecule has 0 aliphatic heterocycles. The fraction of sp³-hybridized carbons (Fsp3) is 0.455. The van der Waals surface area contributed by atoms with Crippen LogP contribution in [0.5, 0.6) is 5.75 Å². The van der Waals surface area contributed by atoms with E-state index in [1.807, 2.05) is 6.92 Å². The summed E-state index contributed by atoms with van der Waals surface area (Å²) in [6.45, 7) is 3.61. The van der Waals surface area contributed by atoms with Crippen LogP contribution < -0.4 is 5.32 Å². The van der Waals surface area contributed by atoms with Crippen molar-refractivity contribution in [3.05, 3.63) is 24.0 Å². The molecule has 0 bridgehead atoms. The molecule has 1 amide bonds. The largest absolute Gasteiger partial charge is 0.505 e. The van der Waals surface area contributed by atoms with Gasteiger partial charge in [0.25, 0.3) is 5.91 Å². The summed E-state index contributed by atoms with van der Waals surface area (Å²) >= 11 is 0. The van der Waals surface area contributed by atoms with Crippen molar-refractivity contribution in [2.45, 2.75) is 19.9 Å². The second-order valence-electron chi connectivity index (χ2n) is 3.79. The Morgan fingerprint density at radius 1 is 1.56 bits per heavy atom. The Balaban J connectivity index is 2.70. The van der Waals surface area contributed by atoms with Crippen LogP contribution in [0.4, 0.5) is 0 Å². The number of pyridine rings is 1. The highest BCUT2D eigenvalue weighted by Gasteiger charge is 2.17. The average molecular weight is 224 g/mol. The van der Waals surface area contributed by atoms with Gasteiger partial charge in [0.1, 0.15) is 5.75 Å². The zero-order chi connectivity index (χ0) is 12.1. The molecule has 88 valence electrons. The number of amides is 1. The minimum Gasteiger partial charge on any atom is -0.505 e. The smallest absolute Gasteiger partial charge is 0.273 e. The Kier molecular flexibility index (Phi) is 4.25. The first-order valence-corrected chi connectivity index (χ1v) is 5.12. The number of aliphatic hydroxyl groups excluding tert-OH is 1. The lowest BCUT2D eigenvalue weighted by Gasteiger charge is -2.19. The second kappa shape index (κ2) is 5.46. The average Bonchev–Trinajstić information content (AvgIpc) is 2.28. The van der Waals surface area contributed by atoms with E-state index in [1.165, 1.54) is 12.3 Å². The van der Waals surface area contributed by atoms with Gasteiger partial charge in [-0.2, -0.15) is 0 Å². The van der Waals surface area contributed by atoms with Gasteiger partial charge in [0.2, 0.25) is 0 Å². The second-order valence-corrected chi connectivity index (χ2v) is 3.79. The Bertz CT molecular complexity index is 368. The normalized spacial score (nSPS) is 14.2. The van der Waals surface area contributed by atoms with E-state index in [9.17, 15) is 9.90 Å². The topological polar surface area (TPSA) is 82.5 Å². The van der Waals surface area contributed by atoms with Crippen molar-refractivity contribution in [3.63, 3.8) is 0 Å². The molecule has 5 nitrogen and oxygen atoms in total. The van der Waals surface area contributed by atoms with Gasteiger partial charge in [-0.1, -0.05) is 6.92 Å². The highest BCUT2D eigenvalue weighted by molar-refractivity contribution is 5.94. The third-order valence-corrected chi connectivity index (χ3v) is 2.50. The molecule has 0 saturated carbocycles. The number of hydrogen-bond acceptors (Lipinski definition) is 4. The molecule has 16 heavy (non-hydrogen) atoms. The SMILES string of the molecule is CC(CO)C(C)NC(=O)c1ncccc1O. The van der Waals surface area contributed by atoms with E-state index >= 15 is 0 Å². The lowest BCUT2D eigenvalue weighted by molar-refractivity contribution is 0.0908. The molecule has 0 aliphatic rings. The maximum Gasteiger partial charge on any atom is 0.273 e. The summed E-state index contributed by atoms with van der Waals surface area (Å²) in [5.41, 5.74) is -0.000472. The number of nitrogens with one attached hydrogen (secondary N) is 1. The van der Waals surface area contributed by atoms with Gasteiger partial charge in [0.05, 0.1) is 0 Å². The van der Waals surface area contributed by atoms with Crippen LogP contribution in [0.1, 0.15) is 24.3 Å². The predicted octanol–water partition coefficient (Wildman–Crippen LogP) is 0.534. The lowest BCUT2D eigenvalue weighted by Crippen LogP contribution is -2.38. The molecule has 1 heterocycles. The maximum absolute atomic E-state index is 11.7. The monoisotopic (exact) mass is 224 g/mol. The van der Waals surface area contributed by atoms with E-state index in [-0.39, 0.29) is 30.0 Å². The summed E-state index contributed by atoms with van der Waals surface area (Å²) < 4.78 is 0. The van der Waals surface area contributed by atoms with Crippen molar-refractivity contribution in [2.24, 2.45) is 5.92 Å². The summed E-state index contributed by atoms with van der Waals surface area (Å²) in [7, 11) is 0. The summed E-state index contributed by atoms with van der Waals surface area (Å²) in [4.78, 5) is 15.5. The van der Waals surface area contributed by atoms with Gasteiger partial charge in [-0.05, 0) is 25.0 Å². The molecule has 1 aromatic rings. The molecule has 0 saturated heterocycles. The summed E-state index contributed by atoms with van der Waals surface area (Å²) in [5.74, 6) is -0.635. The summed E-state index contributed by atoms with van der Waals surface area (Å²) in [6.07, 6.45) is 1.44. The quantitative estimate of drug-likeness (QED) is 0.697. The molecule has 0 aromatic carbocycles. The number of rotatable bonds is 4. The van der Waals surface area contributed by atoms with Crippen LogP contribution in [0, 0.1) is 5.92 Å². The number of aromatic hydroxyl groups is 1. The molecule has 2 unspecified atom stereocenters. The van der Waals surface area contributed by atoms with E-state index in [2.05, 4.69) is 10.3 Å². The Hall–Kier alpha value is -1.62. The molecular weight excluding hydrogens is 208 g/mol. The van der Waals surface area contributed by atoms with Gasteiger partial charge in [0.15, 0.2) is 5.69 Å². The number of carbonyl (C=O) groups excluding carboxylic acids is 1. The van der Waals surface area contributed by atoms with E-state index < -0.39 is 5.91 Å². The van der Waals surface area contributed by atoms with Gasteiger partial charge in [-0.3, -0.25) is 4.79 Å². The lowest BCUT2D eigenvalue weighted by atomic mass is 10.1. The third-order valence-electron chi connectivity index (χ3n) is 2.50. The van der Waals surface area contributed by atoms with E-state index in [1.54, 1.807) is 13.0 Å². The van der Waals surface area contributed by atoms with Gasteiger partial charge in [-0.15, -0.1) is 0 Å². The molecule has 3 N–H and O–H groups in total. The van der Waals surface area contributed by atoms with Crippen molar-refractivity contribution < 1.29 is 15.0 Å². The molecule has 0 aliphatic carbocycles. The summed E-state index contributed by atoms with van der Waals surface area (Å²) in [6, 6.07) is 2.77. The maximum atomic E-state index is 11.7. The van der Waals surface area contributed by atoms with Crippen molar-refractivity contribution in [1.82, 2.24) is 10.3 Å². The first-order valence-electron chi connectivity index (χ1n) is 5.12. The molecule has 1 aromatic heterocycles. The van der Waals surface area contributed by atoms with Crippen LogP contribution in [0.3, 0.4) is 0 Å². The van der Waals surface area contributed by atoms with Gasteiger partial charge < -0.3 is 15.5 Å². The standard InChI is InChI=1S/C11H16N2O3/c1-7(6-14)8(2)13-11(16)10-9(15)4-3-5-12-10/h3-5,7-8,14-15H,6H2,1-2H3,(H,13,16). The Labute approximate surface area is 94.1 Å². The van der Waals surface area contributed by atoms with Crippen LogP contribution in [0.2, 0.25) is 0 Å². The van der Waals surface area contributed by atoms with E-state index in [4.69, 9.17) is 5.11 Å².